The van der Waals surface area contributed by atoms with Crippen molar-refractivity contribution < 1.29 is 4.74 Å². The maximum absolute atomic E-state index is 5.57. The predicted molar refractivity (Wildman–Crippen MR) is 403 cm³/mol. The first-order valence-corrected chi connectivity index (χ1v) is 37.8. The third-order valence-corrected chi connectivity index (χ3v) is 22.6. The van der Waals surface area contributed by atoms with Gasteiger partial charge in [-0.2, -0.15) is 0 Å². The monoisotopic (exact) mass is 1350 g/mol. The molecule has 0 radical (unpaired) electrons. The summed E-state index contributed by atoms with van der Waals surface area (Å²) in [6.07, 6.45) is 36.4. The van der Waals surface area contributed by atoms with Crippen LogP contribution in [0.2, 0.25) is 0 Å². The Bertz CT molecular complexity index is 4070. The van der Waals surface area contributed by atoms with Crippen LogP contribution in [0.3, 0.4) is 0 Å². The molecule has 8 atom stereocenters. The molecule has 16 nitrogen and oxygen atoms in total. The number of nitrogens with zero attached hydrogens (tertiary/aromatic N) is 9. The van der Waals surface area contributed by atoms with E-state index in [-0.39, 0.29) is 24.0 Å². The molecule has 7 aliphatic rings. The Balaban J connectivity index is 0.618. The fourth-order valence-electron chi connectivity index (χ4n) is 17.3. The van der Waals surface area contributed by atoms with Crippen molar-refractivity contribution in [3.8, 4) is 0 Å². The van der Waals surface area contributed by atoms with Crippen LogP contribution in [0.5, 0.6) is 0 Å². The number of aryl methyl sites for hydroxylation is 1. The van der Waals surface area contributed by atoms with Crippen LogP contribution >= 0.6 is 0 Å². The van der Waals surface area contributed by atoms with E-state index in [2.05, 4.69) is 219 Å². The number of aromatic nitrogens is 5. The van der Waals surface area contributed by atoms with Gasteiger partial charge in [0.1, 0.15) is 0 Å². The SMILES string of the molecule is C(=C\CN(C[C@H]1Cc2ccccc2CN1)[C@H]1CCC(c2ccc3c(c2)CN[C@@H](CN(C/C=C/CNCc2ccccn2)[C@H]2CCC(c4ccc5c(c4)CN[C@H](CN(C/C=C/CNN4CCOCC4)[C@H]4CCCc6cccnc64)C5)c4cccnc42)C3)c2cccnc21)/CNCc1ccncc1. The van der Waals surface area contributed by atoms with Crippen molar-refractivity contribution >= 4 is 0 Å². The Labute approximate surface area is 599 Å². The molecule has 4 aliphatic heterocycles. The highest BCUT2D eigenvalue weighted by Crippen LogP contribution is 2.46. The van der Waals surface area contributed by atoms with E-state index in [1.807, 2.05) is 43.2 Å². The summed E-state index contributed by atoms with van der Waals surface area (Å²) < 4.78 is 5.57. The van der Waals surface area contributed by atoms with E-state index < -0.39 is 0 Å². The van der Waals surface area contributed by atoms with E-state index in [4.69, 9.17) is 19.7 Å². The Morgan fingerprint density at radius 1 is 0.446 bits per heavy atom. The molecule has 15 rings (SSSR count). The molecule has 6 N–H and O–H groups in total. The Morgan fingerprint density at radius 3 is 1.54 bits per heavy atom. The molecule has 3 aromatic carbocycles. The number of morpholine rings is 1. The van der Waals surface area contributed by atoms with E-state index >= 15 is 0 Å². The minimum Gasteiger partial charge on any atom is -0.379 e. The molecular formula is C85H103N15O. The first-order valence-electron chi connectivity index (χ1n) is 37.8. The molecule has 3 aliphatic carbocycles. The highest BCUT2D eigenvalue weighted by Gasteiger charge is 2.38. The predicted octanol–water partition coefficient (Wildman–Crippen LogP) is 11.1. The Hall–Kier alpha value is -7.81. The number of pyridine rings is 5. The Morgan fingerprint density at radius 2 is 0.950 bits per heavy atom. The van der Waals surface area contributed by atoms with Gasteiger partial charge in [0, 0.05) is 172 Å². The van der Waals surface area contributed by atoms with Gasteiger partial charge in [0.05, 0.1) is 54.1 Å². The van der Waals surface area contributed by atoms with E-state index in [0.29, 0.717) is 24.0 Å². The highest BCUT2D eigenvalue weighted by atomic mass is 16.5. The number of rotatable bonds is 28. The van der Waals surface area contributed by atoms with Crippen LogP contribution in [0.4, 0.5) is 0 Å². The average molecular weight is 1350 g/mol. The fourth-order valence-corrected chi connectivity index (χ4v) is 17.3. The van der Waals surface area contributed by atoms with Crippen molar-refractivity contribution in [2.45, 2.75) is 145 Å². The van der Waals surface area contributed by atoms with E-state index in [9.17, 15) is 0 Å². The van der Waals surface area contributed by atoms with Crippen LogP contribution in [0, 0.1) is 0 Å². The summed E-state index contributed by atoms with van der Waals surface area (Å²) in [6.45, 7) is 15.5. The van der Waals surface area contributed by atoms with E-state index in [1.165, 1.54) is 90.3 Å². The standard InChI is InChI=1S/C85H103N15O/c1-2-16-69-55-93-73(51-64(69)15-1)60-98(42-8-5-33-87-54-62-31-40-86-41-32-62)81-29-27-76(78-20-13-37-91-84(78)81)68-26-24-66-53-75(95-57-71(66)50-68)61-99(43-9-6-34-88-58-72-19-3-4-35-89-72)82-30-28-77(79-21-14-38-92-85(79)82)67-25-23-65-52-74(94-56-70(65)49-67)59-97(44-10-7-39-96-100-45-47-101-48-46-100)80-22-11-17-63-18-12-36-90-83(63)80/h1-10,12-16,18-21,23-26,31-32,35-38,40-41,49-50,73-77,80-82,87-88,93-96H,11,17,22,27-30,33-34,39,42-48,51-61H2/b8-5+,9-6+,10-7+/t73-,74+,75-,76?,77?,80+,81+,82+/m1/s1. The van der Waals surface area contributed by atoms with Crippen molar-refractivity contribution in [1.29, 1.82) is 0 Å². The van der Waals surface area contributed by atoms with Crippen LogP contribution in [0.25, 0.3) is 0 Å². The zero-order valence-electron chi connectivity index (χ0n) is 58.9. The van der Waals surface area contributed by atoms with Crippen molar-refractivity contribution in [3.63, 3.8) is 0 Å². The maximum atomic E-state index is 5.57. The van der Waals surface area contributed by atoms with Gasteiger partial charge in [-0.05, 0) is 173 Å². The van der Waals surface area contributed by atoms with Crippen molar-refractivity contribution in [3.05, 3.63) is 291 Å². The maximum Gasteiger partial charge on any atom is 0.0613 e. The molecule has 524 valence electrons. The van der Waals surface area contributed by atoms with Gasteiger partial charge in [-0.15, -0.1) is 0 Å². The second kappa shape index (κ2) is 34.4. The average Bonchev–Trinajstić information content (AvgIpc) is 0.779. The smallest absolute Gasteiger partial charge is 0.0613 e. The van der Waals surface area contributed by atoms with Gasteiger partial charge in [0.25, 0.3) is 0 Å². The molecule has 1 saturated heterocycles. The number of ether oxygens (including phenoxy) is 1. The van der Waals surface area contributed by atoms with Gasteiger partial charge in [-0.1, -0.05) is 121 Å². The van der Waals surface area contributed by atoms with Gasteiger partial charge in [-0.3, -0.25) is 45.0 Å². The van der Waals surface area contributed by atoms with Crippen LogP contribution in [-0.2, 0) is 63.1 Å². The zero-order chi connectivity index (χ0) is 67.8. The lowest BCUT2D eigenvalue weighted by Gasteiger charge is -2.41. The molecule has 2 unspecified atom stereocenters. The molecule has 5 aromatic heterocycles. The topological polar surface area (TPSA) is 159 Å². The number of hydrazine groups is 1. The normalized spacial score (nSPS) is 22.9. The van der Waals surface area contributed by atoms with Crippen LogP contribution < -0.4 is 32.0 Å². The molecule has 101 heavy (non-hydrogen) atoms. The van der Waals surface area contributed by atoms with Crippen molar-refractivity contribution in [2.24, 2.45) is 0 Å². The summed E-state index contributed by atoms with van der Waals surface area (Å²) in [5, 5.41) is 21.6. The fraction of sp³-hybridized carbons (Fsp3) is 0.424. The number of hydrogen-bond acceptors (Lipinski definition) is 16. The summed E-state index contributed by atoms with van der Waals surface area (Å²) in [6, 6.07) is 49.4. The summed E-state index contributed by atoms with van der Waals surface area (Å²) >= 11 is 0. The van der Waals surface area contributed by atoms with E-state index in [0.717, 1.165) is 181 Å². The van der Waals surface area contributed by atoms with Crippen LogP contribution in [0.1, 0.15) is 158 Å². The van der Waals surface area contributed by atoms with Gasteiger partial charge in [0.15, 0.2) is 0 Å². The lowest BCUT2D eigenvalue weighted by atomic mass is 9.77. The summed E-state index contributed by atoms with van der Waals surface area (Å²) in [5.74, 6) is 0.575. The first-order chi connectivity index (χ1) is 50.1. The van der Waals surface area contributed by atoms with Gasteiger partial charge >= 0.3 is 0 Å². The Kier molecular flexibility index (Phi) is 23.5. The molecule has 1 fully saturated rings. The molecule has 0 bridgehead atoms. The quantitative estimate of drug-likeness (QED) is 0.0203. The first kappa shape index (κ1) is 68.9. The molecule has 9 heterocycles. The number of nitrogens with one attached hydrogen (secondary N) is 6. The molecule has 0 saturated carbocycles. The minimum atomic E-state index is 0.191. The molecule has 16 heteroatoms. The molecule has 0 amide bonds. The van der Waals surface area contributed by atoms with Gasteiger partial charge < -0.3 is 31.3 Å². The largest absolute Gasteiger partial charge is 0.379 e. The number of fused-ring (bicyclic) bond motifs is 6. The second-order valence-electron chi connectivity index (χ2n) is 29.0. The summed E-state index contributed by atoms with van der Waals surface area (Å²) in [5.41, 5.74) is 25.3. The third-order valence-electron chi connectivity index (χ3n) is 22.6. The van der Waals surface area contributed by atoms with Gasteiger partial charge in [0.2, 0.25) is 0 Å². The van der Waals surface area contributed by atoms with Crippen molar-refractivity contribution in [2.75, 3.05) is 85.2 Å². The second-order valence-corrected chi connectivity index (χ2v) is 29.0. The number of benzene rings is 3. The molecule has 0 spiro atoms. The summed E-state index contributed by atoms with van der Waals surface area (Å²) in [4.78, 5) is 32.5. The minimum absolute atomic E-state index is 0.191. The lowest BCUT2D eigenvalue weighted by molar-refractivity contribution is 0.0143. The zero-order valence-corrected chi connectivity index (χ0v) is 58.9. The third kappa shape index (κ3) is 17.5. The van der Waals surface area contributed by atoms with Crippen LogP contribution in [-0.4, -0.2) is 148 Å². The molecule has 8 aromatic rings. The van der Waals surface area contributed by atoms with Gasteiger partial charge in [-0.25, -0.2) is 5.01 Å². The lowest BCUT2D eigenvalue weighted by Crippen LogP contribution is -2.47. The summed E-state index contributed by atoms with van der Waals surface area (Å²) in [7, 11) is 0. The van der Waals surface area contributed by atoms with E-state index in [1.54, 1.807) is 0 Å². The van der Waals surface area contributed by atoms with Crippen molar-refractivity contribution in [1.82, 2.24) is 76.6 Å². The highest BCUT2D eigenvalue weighted by molar-refractivity contribution is 5.45. The van der Waals surface area contributed by atoms with Crippen LogP contribution in [0.15, 0.2) is 201 Å². The number of hydrogen-bond donors (Lipinski definition) is 6. The molecular weight excluding hydrogens is 1250 g/mol.